The molecule has 2 amide bonds. The molecule has 0 radical (unpaired) electrons. The zero-order valence-electron chi connectivity index (χ0n) is 18.7. The maximum Gasteiger partial charge on any atom is 0.331 e. The van der Waals surface area contributed by atoms with Crippen LogP contribution in [0.1, 0.15) is 29.6 Å². The van der Waals surface area contributed by atoms with Crippen LogP contribution in [0.25, 0.3) is 5.69 Å². The molecule has 2 atom stereocenters. The summed E-state index contributed by atoms with van der Waals surface area (Å²) < 4.78 is 4.66. The van der Waals surface area contributed by atoms with Crippen LogP contribution in [0.3, 0.4) is 0 Å². The van der Waals surface area contributed by atoms with Gasteiger partial charge in [-0.3, -0.25) is 14.5 Å². The van der Waals surface area contributed by atoms with E-state index in [-0.39, 0.29) is 36.1 Å². The Morgan fingerprint density at radius 1 is 1.09 bits per heavy atom. The number of hydrogen-bond donors (Lipinski definition) is 2. The Labute approximate surface area is 205 Å². The van der Waals surface area contributed by atoms with Gasteiger partial charge in [-0.1, -0.05) is 48.0 Å². The van der Waals surface area contributed by atoms with Gasteiger partial charge in [0.25, 0.3) is 0 Å². The SMILES string of the molecule is O=C(Nc1ccnn1-c1cccc(Cl)c1)N1CCn2c(c(O)n([C@H]3C[C@@H]3c3ccccc3)c2=O)C1. The number of amides is 2. The van der Waals surface area contributed by atoms with Gasteiger partial charge in [0, 0.05) is 36.1 Å². The zero-order chi connectivity index (χ0) is 24.1. The highest BCUT2D eigenvalue weighted by Gasteiger charge is 2.44. The molecule has 178 valence electrons. The van der Waals surface area contributed by atoms with E-state index in [4.69, 9.17) is 11.6 Å². The first-order chi connectivity index (χ1) is 17.0. The molecule has 35 heavy (non-hydrogen) atoms. The third-order valence-corrected chi connectivity index (χ3v) is 6.95. The van der Waals surface area contributed by atoms with Crippen LogP contribution < -0.4 is 11.0 Å². The molecule has 0 saturated heterocycles. The smallest absolute Gasteiger partial charge is 0.331 e. The summed E-state index contributed by atoms with van der Waals surface area (Å²) in [6, 6.07) is 18.5. The lowest BCUT2D eigenvalue weighted by atomic mass is 10.1. The highest BCUT2D eigenvalue weighted by Crippen LogP contribution is 2.52. The number of benzene rings is 2. The van der Waals surface area contributed by atoms with Crippen molar-refractivity contribution in [1.29, 1.82) is 0 Å². The van der Waals surface area contributed by atoms with E-state index < -0.39 is 0 Å². The van der Waals surface area contributed by atoms with Crippen molar-refractivity contribution in [3.8, 4) is 11.6 Å². The van der Waals surface area contributed by atoms with Crippen LogP contribution in [0.5, 0.6) is 5.88 Å². The van der Waals surface area contributed by atoms with E-state index >= 15 is 0 Å². The third kappa shape index (κ3) is 3.77. The van der Waals surface area contributed by atoms with E-state index in [9.17, 15) is 14.7 Å². The molecule has 6 rings (SSSR count). The summed E-state index contributed by atoms with van der Waals surface area (Å²) in [5, 5.41) is 18.7. The number of fused-ring (bicyclic) bond motifs is 1. The van der Waals surface area contributed by atoms with Crippen molar-refractivity contribution in [3.63, 3.8) is 0 Å². The van der Waals surface area contributed by atoms with E-state index in [1.807, 2.05) is 42.5 Å². The van der Waals surface area contributed by atoms with Crippen LogP contribution in [0.15, 0.2) is 71.7 Å². The number of aromatic hydroxyl groups is 1. The molecule has 2 aliphatic rings. The van der Waals surface area contributed by atoms with Gasteiger partial charge in [-0.25, -0.2) is 14.3 Å². The topological polar surface area (TPSA) is 97.3 Å². The Bertz CT molecular complexity index is 1470. The minimum Gasteiger partial charge on any atom is -0.493 e. The molecule has 4 aromatic rings. The number of anilines is 1. The second kappa shape index (κ2) is 8.35. The largest absolute Gasteiger partial charge is 0.493 e. The fourth-order valence-corrected chi connectivity index (χ4v) is 5.05. The lowest BCUT2D eigenvalue weighted by Gasteiger charge is -2.27. The minimum atomic E-state index is -0.340. The lowest BCUT2D eigenvalue weighted by Crippen LogP contribution is -2.43. The summed E-state index contributed by atoms with van der Waals surface area (Å²) in [5.74, 6) is 0.640. The van der Waals surface area contributed by atoms with Gasteiger partial charge < -0.3 is 10.0 Å². The van der Waals surface area contributed by atoms with Gasteiger partial charge in [0.15, 0.2) is 0 Å². The number of rotatable bonds is 4. The van der Waals surface area contributed by atoms with Crippen LogP contribution in [0.2, 0.25) is 5.02 Å². The van der Waals surface area contributed by atoms with Gasteiger partial charge in [-0.05, 0) is 30.2 Å². The van der Waals surface area contributed by atoms with E-state index in [1.54, 1.807) is 38.5 Å². The number of nitrogens with zero attached hydrogens (tertiary/aromatic N) is 5. The minimum absolute atomic E-state index is 0.0556. The fraction of sp³-hybridized carbons (Fsp3) is 0.240. The first-order valence-electron chi connectivity index (χ1n) is 11.4. The molecule has 1 aliphatic heterocycles. The van der Waals surface area contributed by atoms with E-state index in [0.29, 0.717) is 29.6 Å². The Morgan fingerprint density at radius 3 is 2.71 bits per heavy atom. The second-order valence-corrected chi connectivity index (χ2v) is 9.29. The van der Waals surface area contributed by atoms with E-state index in [1.165, 1.54) is 4.57 Å². The standard InChI is InChI=1S/C25H23ClN6O3/c26-17-7-4-8-18(13-17)32-22(9-10-27-32)28-24(34)29-11-12-30-21(15-29)23(33)31(25(30)35)20-14-19(20)16-5-2-1-3-6-16/h1-10,13,19-20,33H,11-12,14-15H2,(H,28,34)/t19-,20+/m1/s1. The van der Waals surface area contributed by atoms with Crippen LogP contribution in [0, 0.1) is 0 Å². The summed E-state index contributed by atoms with van der Waals surface area (Å²) in [6.45, 7) is 0.798. The molecule has 10 heteroatoms. The summed E-state index contributed by atoms with van der Waals surface area (Å²) in [6.07, 6.45) is 2.40. The maximum absolute atomic E-state index is 13.1. The number of halogens is 1. The van der Waals surface area contributed by atoms with Gasteiger partial charge in [0.05, 0.1) is 18.4 Å². The van der Waals surface area contributed by atoms with Gasteiger partial charge >= 0.3 is 11.7 Å². The Morgan fingerprint density at radius 2 is 1.91 bits per heavy atom. The number of imidazole rings is 1. The van der Waals surface area contributed by atoms with Crippen molar-refractivity contribution in [3.05, 3.63) is 93.6 Å². The Hall–Kier alpha value is -3.98. The first kappa shape index (κ1) is 21.5. The van der Waals surface area contributed by atoms with Crippen LogP contribution >= 0.6 is 11.6 Å². The van der Waals surface area contributed by atoms with E-state index in [0.717, 1.165) is 17.7 Å². The molecule has 1 saturated carbocycles. The van der Waals surface area contributed by atoms with Gasteiger partial charge in [0.2, 0.25) is 5.88 Å². The highest BCUT2D eigenvalue weighted by molar-refractivity contribution is 6.30. The summed E-state index contributed by atoms with van der Waals surface area (Å²) in [5.41, 5.74) is 2.11. The van der Waals surface area contributed by atoms with Crippen LogP contribution in [-0.4, -0.2) is 41.5 Å². The summed E-state index contributed by atoms with van der Waals surface area (Å²) in [4.78, 5) is 27.7. The number of carbonyl (C=O) groups is 1. The van der Waals surface area contributed by atoms with Crippen molar-refractivity contribution in [1.82, 2.24) is 23.8 Å². The van der Waals surface area contributed by atoms with Gasteiger partial charge in [-0.2, -0.15) is 5.10 Å². The van der Waals surface area contributed by atoms with Gasteiger partial charge in [-0.15, -0.1) is 0 Å². The molecule has 2 N–H and O–H groups in total. The van der Waals surface area contributed by atoms with Crippen molar-refractivity contribution < 1.29 is 9.90 Å². The average Bonchev–Trinajstić information content (AvgIpc) is 3.44. The Balaban J connectivity index is 1.21. The lowest BCUT2D eigenvalue weighted by molar-refractivity contribution is 0.195. The van der Waals surface area contributed by atoms with Crippen LogP contribution in [0.4, 0.5) is 10.6 Å². The predicted molar refractivity (Wildman–Crippen MR) is 131 cm³/mol. The summed E-state index contributed by atoms with van der Waals surface area (Å²) >= 11 is 6.10. The maximum atomic E-state index is 13.1. The fourth-order valence-electron chi connectivity index (χ4n) is 4.86. The average molecular weight is 491 g/mol. The molecule has 3 heterocycles. The zero-order valence-corrected chi connectivity index (χ0v) is 19.5. The molecule has 0 spiro atoms. The molecule has 9 nitrogen and oxygen atoms in total. The van der Waals surface area contributed by atoms with Crippen molar-refractivity contribution in [2.24, 2.45) is 0 Å². The monoisotopic (exact) mass is 490 g/mol. The molecule has 2 aromatic heterocycles. The number of nitrogens with one attached hydrogen (secondary N) is 1. The molecule has 1 aliphatic carbocycles. The van der Waals surface area contributed by atoms with Crippen molar-refractivity contribution in [2.75, 3.05) is 11.9 Å². The highest BCUT2D eigenvalue weighted by atomic mass is 35.5. The van der Waals surface area contributed by atoms with Crippen molar-refractivity contribution >= 4 is 23.4 Å². The van der Waals surface area contributed by atoms with Crippen LogP contribution in [-0.2, 0) is 13.1 Å². The Kier molecular flexibility index (Phi) is 5.14. The first-order valence-corrected chi connectivity index (χ1v) is 11.8. The van der Waals surface area contributed by atoms with Crippen molar-refractivity contribution in [2.45, 2.75) is 31.5 Å². The molecular formula is C25H23ClN6O3. The quantitative estimate of drug-likeness (QED) is 0.452. The molecular weight excluding hydrogens is 468 g/mol. The number of carbonyl (C=O) groups excluding carboxylic acids is 1. The number of urea groups is 1. The third-order valence-electron chi connectivity index (χ3n) is 6.72. The second-order valence-electron chi connectivity index (χ2n) is 8.85. The predicted octanol–water partition coefficient (Wildman–Crippen LogP) is 3.97. The molecule has 0 bridgehead atoms. The number of aromatic nitrogens is 4. The summed E-state index contributed by atoms with van der Waals surface area (Å²) in [7, 11) is 0. The molecule has 0 unspecified atom stereocenters. The van der Waals surface area contributed by atoms with Gasteiger partial charge in [0.1, 0.15) is 11.5 Å². The molecule has 2 aromatic carbocycles. The normalized spacial score (nSPS) is 18.8. The van der Waals surface area contributed by atoms with E-state index in [2.05, 4.69) is 10.4 Å². The number of hydrogen-bond acceptors (Lipinski definition) is 4. The molecule has 1 fully saturated rings.